The number of aliphatic hydroxyl groups is 1. The maximum Gasteiger partial charge on any atom is 0.247 e. The Morgan fingerprint density at radius 3 is 2.54 bits per heavy atom. The highest BCUT2D eigenvalue weighted by Crippen LogP contribution is 2.34. The van der Waals surface area contributed by atoms with Crippen LogP contribution in [0.5, 0.6) is 5.75 Å². The molecule has 1 aliphatic carbocycles. The van der Waals surface area contributed by atoms with Gasteiger partial charge in [0.15, 0.2) is 0 Å². The summed E-state index contributed by atoms with van der Waals surface area (Å²) < 4.78 is 34.9. The number of rotatable bonds is 5. The van der Waals surface area contributed by atoms with Crippen LogP contribution in [0.15, 0.2) is 23.1 Å². The molecule has 2 aliphatic rings. The largest absolute Gasteiger partial charge is 0.487 e. The number of likely N-dealkylation sites (N-methyl/N-ethyl adjacent to an activating group) is 1. The first-order chi connectivity index (χ1) is 16.5. The normalized spacial score (nSPS) is 23.7. The molecule has 7 nitrogen and oxygen atoms in total. The minimum Gasteiger partial charge on any atom is -0.487 e. The average molecular weight is 505 g/mol. The van der Waals surface area contributed by atoms with Gasteiger partial charge in [0, 0.05) is 43.0 Å². The monoisotopic (exact) mass is 504 g/mol. The molecule has 8 heteroatoms. The molecule has 3 rings (SSSR count). The zero-order valence-corrected chi connectivity index (χ0v) is 22.5. The Hall–Kier alpha value is -2.08. The van der Waals surface area contributed by atoms with Crippen LogP contribution in [-0.4, -0.2) is 67.5 Å². The van der Waals surface area contributed by atoms with E-state index in [-0.39, 0.29) is 47.5 Å². The van der Waals surface area contributed by atoms with Gasteiger partial charge < -0.3 is 14.7 Å². The molecule has 1 aliphatic heterocycles. The predicted molar refractivity (Wildman–Crippen MR) is 136 cm³/mol. The zero-order chi connectivity index (χ0) is 25.8. The number of hydrogen-bond acceptors (Lipinski definition) is 5. The Labute approximate surface area is 210 Å². The maximum atomic E-state index is 13.6. The number of nitrogens with zero attached hydrogens (tertiary/aromatic N) is 2. The molecule has 0 radical (unpaired) electrons. The third-order valence-corrected chi connectivity index (χ3v) is 8.98. The molecule has 1 amide bonds. The number of sulfonamides is 1. The summed E-state index contributed by atoms with van der Waals surface area (Å²) in [6.07, 6.45) is 4.78. The van der Waals surface area contributed by atoms with Gasteiger partial charge in [0.05, 0.1) is 13.2 Å². The van der Waals surface area contributed by atoms with E-state index >= 15 is 0 Å². The maximum absolute atomic E-state index is 13.6. The smallest absolute Gasteiger partial charge is 0.247 e. The molecular weight excluding hydrogens is 464 g/mol. The van der Waals surface area contributed by atoms with Crippen molar-refractivity contribution < 1.29 is 23.1 Å². The van der Waals surface area contributed by atoms with Crippen molar-refractivity contribution in [2.24, 2.45) is 17.8 Å². The van der Waals surface area contributed by atoms with E-state index in [1.54, 1.807) is 24.0 Å². The van der Waals surface area contributed by atoms with Gasteiger partial charge in [-0.25, -0.2) is 8.42 Å². The summed E-state index contributed by atoms with van der Waals surface area (Å²) >= 11 is 0. The highest BCUT2D eigenvalue weighted by molar-refractivity contribution is 7.89. The molecule has 1 N–H and O–H groups in total. The molecule has 1 saturated carbocycles. The molecule has 1 aromatic rings. The minimum absolute atomic E-state index is 0.0501. The van der Waals surface area contributed by atoms with Crippen molar-refractivity contribution in [2.75, 3.05) is 26.7 Å². The van der Waals surface area contributed by atoms with Crippen LogP contribution in [0.25, 0.3) is 0 Å². The fourth-order valence-corrected chi connectivity index (χ4v) is 6.60. The lowest BCUT2D eigenvalue weighted by molar-refractivity contribution is -0.136. The molecule has 35 heavy (non-hydrogen) atoms. The summed E-state index contributed by atoms with van der Waals surface area (Å²) in [6.45, 7) is 7.88. The molecule has 0 spiro atoms. The number of ether oxygens (including phenoxy) is 1. The van der Waals surface area contributed by atoms with E-state index in [4.69, 9.17) is 4.74 Å². The number of carbonyl (C=O) groups is 1. The van der Waals surface area contributed by atoms with Gasteiger partial charge in [-0.05, 0) is 38.0 Å². The van der Waals surface area contributed by atoms with Crippen LogP contribution in [0.3, 0.4) is 0 Å². The van der Waals surface area contributed by atoms with Crippen LogP contribution in [0, 0.1) is 29.6 Å². The van der Waals surface area contributed by atoms with Crippen molar-refractivity contribution in [3.63, 3.8) is 0 Å². The highest BCUT2D eigenvalue weighted by atomic mass is 32.2. The number of fused-ring (bicyclic) bond motifs is 1. The summed E-state index contributed by atoms with van der Waals surface area (Å²) in [5.41, 5.74) is 0.674. The van der Waals surface area contributed by atoms with Crippen LogP contribution in [0.4, 0.5) is 0 Å². The number of carbonyl (C=O) groups excluding carboxylic acids is 1. The Morgan fingerprint density at radius 2 is 1.91 bits per heavy atom. The van der Waals surface area contributed by atoms with Gasteiger partial charge in [-0.15, -0.1) is 0 Å². The Bertz CT molecular complexity index is 1050. The van der Waals surface area contributed by atoms with Gasteiger partial charge in [0.1, 0.15) is 16.7 Å². The molecule has 0 saturated heterocycles. The summed E-state index contributed by atoms with van der Waals surface area (Å²) in [7, 11) is -2.09. The summed E-state index contributed by atoms with van der Waals surface area (Å²) in [5.74, 6) is 6.58. The second kappa shape index (κ2) is 11.8. The first-order valence-corrected chi connectivity index (χ1v) is 14.2. The van der Waals surface area contributed by atoms with Crippen LogP contribution >= 0.6 is 0 Å². The lowest BCUT2D eigenvalue weighted by atomic mass is 9.88. The SMILES string of the molecule is CC(C)C#Cc1ccc2c(c1)O[C@H](CN(C)C(=O)C1CCCCC1)[C@H](C)CN([C@H](C)CO)S2(=O)=O. The number of aliphatic hydroxyl groups excluding tert-OH is 1. The van der Waals surface area contributed by atoms with E-state index in [1.807, 2.05) is 27.8 Å². The van der Waals surface area contributed by atoms with Gasteiger partial charge in [0.2, 0.25) is 15.9 Å². The minimum atomic E-state index is -3.90. The van der Waals surface area contributed by atoms with Crippen molar-refractivity contribution in [3.8, 4) is 17.6 Å². The molecule has 3 atom stereocenters. The molecule has 0 unspecified atom stereocenters. The van der Waals surface area contributed by atoms with E-state index in [1.165, 1.54) is 16.8 Å². The molecule has 0 bridgehead atoms. The topological polar surface area (TPSA) is 87.2 Å². The van der Waals surface area contributed by atoms with Crippen molar-refractivity contribution in [3.05, 3.63) is 23.8 Å². The van der Waals surface area contributed by atoms with Crippen LogP contribution < -0.4 is 4.74 Å². The second-order valence-electron chi connectivity index (χ2n) is 10.4. The quantitative estimate of drug-likeness (QED) is 0.620. The van der Waals surface area contributed by atoms with E-state index < -0.39 is 22.2 Å². The number of amides is 1. The summed E-state index contributed by atoms with van der Waals surface area (Å²) in [5, 5.41) is 9.80. The third-order valence-electron chi connectivity index (χ3n) is 6.96. The van der Waals surface area contributed by atoms with E-state index in [0.717, 1.165) is 25.7 Å². The number of benzene rings is 1. The lowest BCUT2D eigenvalue weighted by Crippen LogP contribution is -2.50. The molecule has 1 heterocycles. The lowest BCUT2D eigenvalue weighted by Gasteiger charge is -2.38. The zero-order valence-electron chi connectivity index (χ0n) is 21.7. The molecule has 194 valence electrons. The predicted octanol–water partition coefficient (Wildman–Crippen LogP) is 3.50. The van der Waals surface area contributed by atoms with Gasteiger partial charge in [-0.3, -0.25) is 4.79 Å². The van der Waals surface area contributed by atoms with Crippen molar-refractivity contribution in [1.29, 1.82) is 0 Å². The van der Waals surface area contributed by atoms with Gasteiger partial charge in [-0.2, -0.15) is 4.31 Å². The highest BCUT2D eigenvalue weighted by Gasteiger charge is 2.38. The van der Waals surface area contributed by atoms with Gasteiger partial charge in [0.25, 0.3) is 0 Å². The average Bonchev–Trinajstić information content (AvgIpc) is 2.84. The molecule has 1 aromatic carbocycles. The van der Waals surface area contributed by atoms with Crippen molar-refractivity contribution in [2.45, 2.75) is 76.8 Å². The Balaban J connectivity index is 1.97. The fourth-order valence-electron chi connectivity index (χ4n) is 4.77. The summed E-state index contributed by atoms with van der Waals surface area (Å²) in [4.78, 5) is 14.9. The van der Waals surface area contributed by atoms with E-state index in [0.29, 0.717) is 12.1 Å². The van der Waals surface area contributed by atoms with Crippen molar-refractivity contribution in [1.82, 2.24) is 9.21 Å². The third kappa shape index (κ3) is 6.58. The second-order valence-corrected chi connectivity index (χ2v) is 12.2. The Morgan fingerprint density at radius 1 is 1.23 bits per heavy atom. The van der Waals surface area contributed by atoms with Crippen LogP contribution in [-0.2, 0) is 14.8 Å². The number of hydrogen-bond donors (Lipinski definition) is 1. The first kappa shape index (κ1) is 27.5. The van der Waals surface area contributed by atoms with E-state index in [2.05, 4.69) is 11.8 Å². The first-order valence-electron chi connectivity index (χ1n) is 12.7. The van der Waals surface area contributed by atoms with Crippen molar-refractivity contribution >= 4 is 15.9 Å². The molecule has 1 fully saturated rings. The van der Waals surface area contributed by atoms with Crippen LogP contribution in [0.2, 0.25) is 0 Å². The van der Waals surface area contributed by atoms with E-state index in [9.17, 15) is 18.3 Å². The van der Waals surface area contributed by atoms with Crippen LogP contribution in [0.1, 0.15) is 65.4 Å². The van der Waals surface area contributed by atoms with Gasteiger partial charge >= 0.3 is 0 Å². The Kier molecular flexibility index (Phi) is 9.25. The standard InChI is InChI=1S/C27H40N2O5S/c1-19(2)11-12-22-13-14-26-24(15-22)34-25(17-28(5)27(31)23-9-7-6-8-10-23)20(3)16-29(21(4)18-30)35(26,32)33/h13-15,19-21,23,25,30H,6-10,16-18H2,1-5H3/t20-,21-,25-/m1/s1. The summed E-state index contributed by atoms with van der Waals surface area (Å²) in [6, 6.07) is 4.32. The fraction of sp³-hybridized carbons (Fsp3) is 0.667. The van der Waals surface area contributed by atoms with Gasteiger partial charge in [-0.1, -0.05) is 51.9 Å². The molecule has 0 aromatic heterocycles. The molecular formula is C27H40N2O5S.